The van der Waals surface area contributed by atoms with Gasteiger partial charge < -0.3 is 24.0 Å². The Bertz CT molecular complexity index is 503. The number of hydrogen-bond donors (Lipinski definition) is 0. The van der Waals surface area contributed by atoms with Crippen molar-refractivity contribution in [3.05, 3.63) is 59.7 Å². The van der Waals surface area contributed by atoms with Crippen LogP contribution in [0.5, 0.6) is 0 Å². The zero-order valence-corrected chi connectivity index (χ0v) is 16.2. The normalized spacial score (nSPS) is 10.9. The second kappa shape index (κ2) is 6.94. The van der Waals surface area contributed by atoms with Crippen molar-refractivity contribution in [2.75, 3.05) is 0 Å². The molecule has 0 nitrogen and oxygen atoms in total. The van der Waals surface area contributed by atoms with Crippen molar-refractivity contribution in [2.45, 2.75) is 31.7 Å². The van der Waals surface area contributed by atoms with Crippen LogP contribution in [0.25, 0.3) is 0 Å². The minimum atomic E-state index is -1.93. The first-order valence-electron chi connectivity index (χ1n) is 6.56. The van der Waals surface area contributed by atoms with E-state index in [2.05, 4.69) is 75.0 Å². The summed E-state index contributed by atoms with van der Waals surface area (Å²) in [5, 5.41) is 1.28. The average Bonchev–Trinajstić information content (AvgIpc) is 2.38. The van der Waals surface area contributed by atoms with Crippen LogP contribution in [0.15, 0.2) is 48.5 Å². The van der Waals surface area contributed by atoms with Gasteiger partial charge in [-0.25, -0.2) is 0 Å². The van der Waals surface area contributed by atoms with Crippen LogP contribution >= 0.6 is 0 Å². The number of rotatable bonds is 3. The molecule has 0 spiro atoms. The molecule has 0 unspecified atom stereocenters. The first kappa shape index (κ1) is 16.8. The monoisotopic (exact) mass is 428 g/mol. The molecule has 0 N–H and O–H groups in total. The molecular formula is C17H22AsI. The molecule has 0 heterocycles. The first-order chi connectivity index (χ1) is 8.56. The Morgan fingerprint density at radius 2 is 1.26 bits per heavy atom. The molecule has 0 atom stereocenters. The zero-order valence-electron chi connectivity index (χ0n) is 12.2. The molecule has 0 saturated heterocycles. The number of aryl methyl sites for hydroxylation is 2. The fourth-order valence-corrected chi connectivity index (χ4v) is 8.33. The Morgan fingerprint density at radius 3 is 1.58 bits per heavy atom. The molecule has 0 amide bonds. The van der Waals surface area contributed by atoms with Crippen molar-refractivity contribution in [3.63, 3.8) is 0 Å². The molecule has 0 saturated carbocycles. The molecule has 0 fully saturated rings. The predicted octanol–water partition coefficient (Wildman–Crippen LogP) is 0.520. The summed E-state index contributed by atoms with van der Waals surface area (Å²) in [5.41, 5.74) is 5.27. The van der Waals surface area contributed by atoms with Crippen molar-refractivity contribution in [1.82, 2.24) is 0 Å². The minimum absolute atomic E-state index is 0. The molecule has 0 radical (unpaired) electrons. The summed E-state index contributed by atoms with van der Waals surface area (Å²) in [5.74, 6) is 0. The molecule has 2 heteroatoms. The third-order valence-electron chi connectivity index (χ3n) is 3.78. The molecule has 102 valence electrons. The van der Waals surface area contributed by atoms with Gasteiger partial charge in [0.25, 0.3) is 0 Å². The third-order valence-corrected chi connectivity index (χ3v) is 12.4. The van der Waals surface area contributed by atoms with E-state index in [1.54, 1.807) is 8.70 Å². The van der Waals surface area contributed by atoms with E-state index >= 15 is 0 Å². The van der Waals surface area contributed by atoms with Gasteiger partial charge in [0.1, 0.15) is 0 Å². The maximum atomic E-state index is 2.52. The van der Waals surface area contributed by atoms with Gasteiger partial charge in [-0.15, -0.1) is 0 Å². The molecule has 0 aromatic heterocycles. The van der Waals surface area contributed by atoms with Gasteiger partial charge in [0.05, 0.1) is 0 Å². The summed E-state index contributed by atoms with van der Waals surface area (Å²) in [6, 6.07) is 18.2. The molecule has 19 heavy (non-hydrogen) atoms. The number of benzene rings is 2. The van der Waals surface area contributed by atoms with Crippen LogP contribution in [-0.2, 0) is 0 Å². The van der Waals surface area contributed by atoms with E-state index in [4.69, 9.17) is 0 Å². The van der Waals surface area contributed by atoms with Crippen molar-refractivity contribution in [1.29, 1.82) is 0 Å². The van der Waals surface area contributed by atoms with Gasteiger partial charge in [-0.3, -0.25) is 0 Å². The molecular weight excluding hydrogens is 406 g/mol. The van der Waals surface area contributed by atoms with Crippen molar-refractivity contribution < 1.29 is 24.0 Å². The van der Waals surface area contributed by atoms with Gasteiger partial charge in [-0.2, -0.15) is 0 Å². The Labute approximate surface area is 137 Å². The fourth-order valence-electron chi connectivity index (χ4n) is 2.38. The average molecular weight is 428 g/mol. The molecule has 0 aliphatic carbocycles. The van der Waals surface area contributed by atoms with Crippen LogP contribution in [-0.4, -0.2) is 13.6 Å². The van der Waals surface area contributed by atoms with E-state index < -0.39 is 13.6 Å². The van der Waals surface area contributed by atoms with Crippen molar-refractivity contribution in [2.24, 2.45) is 0 Å². The third kappa shape index (κ3) is 3.64. The molecule has 2 aromatic carbocycles. The molecule has 0 bridgehead atoms. The number of halogens is 1. The fraction of sp³-hybridized carbons (Fsp3) is 0.294. The summed E-state index contributed by atoms with van der Waals surface area (Å²) < 4.78 is 3.17. The van der Waals surface area contributed by atoms with E-state index in [-0.39, 0.29) is 24.0 Å². The maximum Gasteiger partial charge on any atom is -1.00 e. The molecule has 0 aliphatic heterocycles. The zero-order chi connectivity index (χ0) is 13.2. The standard InChI is InChI=1S/C17H22As.HI/c1-5-18(4,16-10-6-8-14(2)12-16)17-11-7-9-15(3)13-17;/h6-13H,5H2,1-4H3;1H/q+1;/p-1. The van der Waals surface area contributed by atoms with Crippen molar-refractivity contribution in [3.8, 4) is 0 Å². The summed E-state index contributed by atoms with van der Waals surface area (Å²) >= 11 is -1.93. The van der Waals surface area contributed by atoms with Crippen LogP contribution in [0.1, 0.15) is 18.1 Å². The van der Waals surface area contributed by atoms with Crippen LogP contribution in [0.2, 0.25) is 10.9 Å². The Kier molecular flexibility index (Phi) is 6.13. The van der Waals surface area contributed by atoms with Gasteiger partial charge in [-0.05, 0) is 0 Å². The van der Waals surface area contributed by atoms with Crippen LogP contribution < -0.4 is 32.7 Å². The van der Waals surface area contributed by atoms with Gasteiger partial charge in [0.15, 0.2) is 0 Å². The molecule has 2 aromatic rings. The van der Waals surface area contributed by atoms with Gasteiger partial charge in [0.2, 0.25) is 0 Å². The molecule has 0 aliphatic rings. The summed E-state index contributed by atoms with van der Waals surface area (Å²) in [6.45, 7) is 6.72. The van der Waals surface area contributed by atoms with Crippen molar-refractivity contribution >= 4 is 22.3 Å². The maximum absolute atomic E-state index is 2.52. The van der Waals surface area contributed by atoms with E-state index in [9.17, 15) is 0 Å². The Hall–Kier alpha value is -0.272. The van der Waals surface area contributed by atoms with Crippen LogP contribution in [0.4, 0.5) is 0 Å². The second-order valence-electron chi connectivity index (χ2n) is 5.19. The number of hydrogen-bond acceptors (Lipinski definition) is 0. The summed E-state index contributed by atoms with van der Waals surface area (Å²) in [7, 11) is 0. The van der Waals surface area contributed by atoms with Gasteiger partial charge in [-0.1, -0.05) is 0 Å². The first-order valence-corrected chi connectivity index (χ1v) is 11.6. The summed E-state index contributed by atoms with van der Waals surface area (Å²) in [6.07, 6.45) is 0. The van der Waals surface area contributed by atoms with E-state index in [1.165, 1.54) is 16.3 Å². The van der Waals surface area contributed by atoms with Gasteiger partial charge >= 0.3 is 114 Å². The quantitative estimate of drug-likeness (QED) is 0.495. The Balaban J connectivity index is 0.00000180. The van der Waals surface area contributed by atoms with E-state index in [0.29, 0.717) is 0 Å². The van der Waals surface area contributed by atoms with Crippen LogP contribution in [0, 0.1) is 13.8 Å². The second-order valence-corrected chi connectivity index (χ2v) is 13.7. The topological polar surface area (TPSA) is 0 Å². The predicted molar refractivity (Wildman–Crippen MR) is 83.7 cm³/mol. The summed E-state index contributed by atoms with van der Waals surface area (Å²) in [4.78, 5) is 0. The van der Waals surface area contributed by atoms with Gasteiger partial charge in [0, 0.05) is 0 Å². The Morgan fingerprint density at radius 1 is 0.842 bits per heavy atom. The SMILES string of the molecule is CC[As+](C)(c1cccc(C)c1)c1cccc(C)c1.[I-]. The largest absolute Gasteiger partial charge is 1.00 e. The van der Waals surface area contributed by atoms with Crippen LogP contribution in [0.3, 0.4) is 0 Å². The minimum Gasteiger partial charge on any atom is -1.00 e. The smallest absolute Gasteiger partial charge is 1.00 e. The van der Waals surface area contributed by atoms with E-state index in [0.717, 1.165) is 0 Å². The van der Waals surface area contributed by atoms with E-state index in [1.807, 2.05) is 0 Å². The molecule has 2 rings (SSSR count).